The van der Waals surface area contributed by atoms with Gasteiger partial charge in [-0.3, -0.25) is 4.90 Å². The highest BCUT2D eigenvalue weighted by Crippen LogP contribution is 2.54. The highest BCUT2D eigenvalue weighted by Gasteiger charge is 2.55. The minimum atomic E-state index is -0.157. The molecular formula is C21H23FN2. The minimum Gasteiger partial charge on any atom is -0.315 e. The Morgan fingerprint density at radius 2 is 1.83 bits per heavy atom. The molecule has 24 heavy (non-hydrogen) atoms. The third-order valence-electron chi connectivity index (χ3n) is 6.32. The van der Waals surface area contributed by atoms with Crippen LogP contribution in [-0.4, -0.2) is 30.6 Å². The molecule has 124 valence electrons. The largest absolute Gasteiger partial charge is 0.315 e. The molecule has 1 saturated carbocycles. The maximum Gasteiger partial charge on any atom is 0.123 e. The lowest BCUT2D eigenvalue weighted by Crippen LogP contribution is -2.47. The zero-order valence-electron chi connectivity index (χ0n) is 13.8. The van der Waals surface area contributed by atoms with E-state index in [1.807, 2.05) is 12.1 Å². The van der Waals surface area contributed by atoms with Crippen molar-refractivity contribution in [2.75, 3.05) is 19.6 Å². The molecule has 2 fully saturated rings. The van der Waals surface area contributed by atoms with Gasteiger partial charge >= 0.3 is 0 Å². The summed E-state index contributed by atoms with van der Waals surface area (Å²) in [5, 5.41) is 3.63. The molecule has 2 atom stereocenters. The predicted molar refractivity (Wildman–Crippen MR) is 93.4 cm³/mol. The van der Waals surface area contributed by atoms with Gasteiger partial charge in [-0.1, -0.05) is 36.4 Å². The van der Waals surface area contributed by atoms with Crippen LogP contribution in [0.15, 0.2) is 48.5 Å². The Bertz CT molecular complexity index is 751. The lowest BCUT2D eigenvalue weighted by molar-refractivity contribution is 0.117. The Hall–Kier alpha value is -1.71. The molecule has 1 aliphatic carbocycles. The smallest absolute Gasteiger partial charge is 0.123 e. The molecule has 1 spiro atoms. The summed E-state index contributed by atoms with van der Waals surface area (Å²) in [6.45, 7) is 3.33. The molecule has 0 aromatic heterocycles. The molecule has 2 nitrogen and oxygen atoms in total. The van der Waals surface area contributed by atoms with Crippen molar-refractivity contribution in [2.24, 2.45) is 5.41 Å². The first kappa shape index (κ1) is 14.6. The van der Waals surface area contributed by atoms with Crippen molar-refractivity contribution >= 4 is 0 Å². The summed E-state index contributed by atoms with van der Waals surface area (Å²) in [7, 11) is 0. The van der Waals surface area contributed by atoms with Gasteiger partial charge in [-0.05, 0) is 53.5 Å². The third-order valence-corrected chi connectivity index (χ3v) is 6.32. The van der Waals surface area contributed by atoms with Crippen LogP contribution in [0.1, 0.15) is 35.6 Å². The predicted octanol–water partition coefficient (Wildman–Crippen LogP) is 3.53. The van der Waals surface area contributed by atoms with Crippen molar-refractivity contribution in [3.05, 3.63) is 71.0 Å². The van der Waals surface area contributed by atoms with E-state index in [-0.39, 0.29) is 11.9 Å². The maximum atomic E-state index is 13.5. The SMILES string of the molecule is Fc1ccc(C2c3ccccc3CCN2C2CNCC23CC3)cc1. The van der Waals surface area contributed by atoms with Gasteiger partial charge in [-0.15, -0.1) is 0 Å². The van der Waals surface area contributed by atoms with Crippen molar-refractivity contribution < 1.29 is 4.39 Å². The van der Waals surface area contributed by atoms with Gasteiger partial charge in [0.05, 0.1) is 6.04 Å². The van der Waals surface area contributed by atoms with Crippen LogP contribution < -0.4 is 5.32 Å². The summed E-state index contributed by atoms with van der Waals surface area (Å²) >= 11 is 0. The summed E-state index contributed by atoms with van der Waals surface area (Å²) in [6, 6.07) is 16.8. The Kier molecular flexibility index (Phi) is 3.29. The standard InChI is InChI=1S/C21H23FN2/c22-17-7-5-16(6-8-17)20-18-4-2-1-3-15(18)9-12-24(20)19-13-23-14-21(19)10-11-21/h1-8,19-20,23H,9-14H2. The molecule has 2 heterocycles. The molecule has 5 rings (SSSR count). The molecule has 0 radical (unpaired) electrons. The summed E-state index contributed by atoms with van der Waals surface area (Å²) < 4.78 is 13.5. The topological polar surface area (TPSA) is 15.3 Å². The van der Waals surface area contributed by atoms with E-state index in [9.17, 15) is 4.39 Å². The first-order valence-corrected chi connectivity index (χ1v) is 9.07. The van der Waals surface area contributed by atoms with Gasteiger partial charge in [-0.2, -0.15) is 0 Å². The molecule has 1 N–H and O–H groups in total. The molecule has 2 unspecified atom stereocenters. The van der Waals surface area contributed by atoms with Gasteiger partial charge in [0.1, 0.15) is 5.82 Å². The van der Waals surface area contributed by atoms with Gasteiger partial charge < -0.3 is 5.32 Å². The van der Waals surface area contributed by atoms with Crippen LogP contribution in [0.5, 0.6) is 0 Å². The average molecular weight is 322 g/mol. The highest BCUT2D eigenvalue weighted by atomic mass is 19.1. The van der Waals surface area contributed by atoms with Crippen LogP contribution >= 0.6 is 0 Å². The number of nitrogens with one attached hydrogen (secondary N) is 1. The quantitative estimate of drug-likeness (QED) is 0.910. The Labute approximate surface area is 142 Å². The average Bonchev–Trinajstić information content (AvgIpc) is 3.27. The highest BCUT2D eigenvalue weighted by molar-refractivity contribution is 5.40. The van der Waals surface area contributed by atoms with Crippen LogP contribution in [0.4, 0.5) is 4.39 Å². The first-order chi connectivity index (χ1) is 11.8. The van der Waals surface area contributed by atoms with Crippen molar-refractivity contribution in [1.29, 1.82) is 0 Å². The molecule has 0 bridgehead atoms. The van der Waals surface area contributed by atoms with E-state index < -0.39 is 0 Å². The zero-order chi connectivity index (χ0) is 16.1. The van der Waals surface area contributed by atoms with Crippen LogP contribution in [-0.2, 0) is 6.42 Å². The number of benzene rings is 2. The van der Waals surface area contributed by atoms with Crippen LogP contribution in [0.2, 0.25) is 0 Å². The molecule has 2 aliphatic heterocycles. The summed E-state index contributed by atoms with van der Waals surface area (Å²) in [6.07, 6.45) is 3.80. The number of halogens is 1. The normalized spacial score (nSPS) is 28.0. The number of hydrogen-bond donors (Lipinski definition) is 1. The van der Waals surface area contributed by atoms with E-state index in [1.165, 1.54) is 29.5 Å². The maximum absolute atomic E-state index is 13.5. The van der Waals surface area contributed by atoms with Crippen LogP contribution in [0, 0.1) is 11.2 Å². The fourth-order valence-corrected chi connectivity index (χ4v) is 4.87. The second kappa shape index (κ2) is 5.40. The lowest BCUT2D eigenvalue weighted by Gasteiger charge is -2.43. The second-order valence-corrected chi connectivity index (χ2v) is 7.65. The third kappa shape index (κ3) is 2.22. The van der Waals surface area contributed by atoms with E-state index in [0.29, 0.717) is 11.5 Å². The number of rotatable bonds is 2. The van der Waals surface area contributed by atoms with Gasteiger partial charge in [0.2, 0.25) is 0 Å². The zero-order valence-corrected chi connectivity index (χ0v) is 13.8. The van der Waals surface area contributed by atoms with Crippen molar-refractivity contribution in [2.45, 2.75) is 31.3 Å². The number of fused-ring (bicyclic) bond motifs is 1. The summed E-state index contributed by atoms with van der Waals surface area (Å²) in [5.41, 5.74) is 4.55. The van der Waals surface area contributed by atoms with Gasteiger partial charge in [0.15, 0.2) is 0 Å². The summed E-state index contributed by atoms with van der Waals surface area (Å²) in [4.78, 5) is 2.70. The molecule has 2 aromatic rings. The van der Waals surface area contributed by atoms with Crippen molar-refractivity contribution in [3.63, 3.8) is 0 Å². The Balaban J connectivity index is 1.60. The molecule has 1 saturated heterocycles. The van der Waals surface area contributed by atoms with Crippen LogP contribution in [0.25, 0.3) is 0 Å². The fraction of sp³-hybridized carbons (Fsp3) is 0.429. The second-order valence-electron chi connectivity index (χ2n) is 7.65. The van der Waals surface area contributed by atoms with Gasteiger partial charge in [-0.25, -0.2) is 4.39 Å². The molecule has 3 heteroatoms. The first-order valence-electron chi connectivity index (χ1n) is 9.07. The number of hydrogen-bond acceptors (Lipinski definition) is 2. The summed E-state index contributed by atoms with van der Waals surface area (Å²) in [5.74, 6) is -0.157. The van der Waals surface area contributed by atoms with Crippen molar-refractivity contribution in [1.82, 2.24) is 10.2 Å². The Morgan fingerprint density at radius 3 is 2.62 bits per heavy atom. The molecule has 2 aromatic carbocycles. The Morgan fingerprint density at radius 1 is 1.04 bits per heavy atom. The lowest BCUT2D eigenvalue weighted by atomic mass is 9.85. The monoisotopic (exact) mass is 322 g/mol. The molecule has 0 amide bonds. The van der Waals surface area contributed by atoms with Gasteiger partial charge in [0.25, 0.3) is 0 Å². The van der Waals surface area contributed by atoms with E-state index in [4.69, 9.17) is 0 Å². The van der Waals surface area contributed by atoms with E-state index in [0.717, 1.165) is 26.1 Å². The molecular weight excluding hydrogens is 299 g/mol. The van der Waals surface area contributed by atoms with E-state index in [2.05, 4.69) is 34.5 Å². The van der Waals surface area contributed by atoms with Crippen LogP contribution in [0.3, 0.4) is 0 Å². The van der Waals surface area contributed by atoms with E-state index in [1.54, 1.807) is 12.1 Å². The molecule has 3 aliphatic rings. The van der Waals surface area contributed by atoms with Crippen molar-refractivity contribution in [3.8, 4) is 0 Å². The minimum absolute atomic E-state index is 0.157. The van der Waals surface area contributed by atoms with Gasteiger partial charge in [0, 0.05) is 25.7 Å². The van der Waals surface area contributed by atoms with E-state index >= 15 is 0 Å². The number of nitrogens with zero attached hydrogens (tertiary/aromatic N) is 1. The fourth-order valence-electron chi connectivity index (χ4n) is 4.87.